The van der Waals surface area contributed by atoms with Crippen LogP contribution < -0.4 is 0 Å². The van der Waals surface area contributed by atoms with E-state index in [1.807, 2.05) is 100 Å². The van der Waals surface area contributed by atoms with Crippen LogP contribution in [-0.4, -0.2) is 209 Å². The van der Waals surface area contributed by atoms with Gasteiger partial charge in [0.05, 0.1) is 120 Å². The molecule has 131 heavy (non-hydrogen) atoms. The lowest BCUT2D eigenvalue weighted by Gasteiger charge is -2.48. The van der Waals surface area contributed by atoms with Crippen LogP contribution in [0.3, 0.4) is 0 Å². The summed E-state index contributed by atoms with van der Waals surface area (Å²) in [5.74, 6) is -8.18. The van der Waals surface area contributed by atoms with Gasteiger partial charge in [0.2, 0.25) is 0 Å². The number of halogens is 3. The molecule has 0 unspecified atom stereocenters. The molecule has 7 aliphatic heterocycles. The third-order valence-corrected chi connectivity index (χ3v) is 29.4. The smallest absolute Gasteiger partial charge is 0.338 e. The zero-order chi connectivity index (χ0) is 95.1. The number of carbonyl (C=O) groups excluding carboxylic acids is 5. The Morgan fingerprint density at radius 1 is 0.435 bits per heavy atom. The fraction of sp³-hybridized carbons (Fsp3) is 0.667. The number of benzene rings is 3. The number of rotatable bonds is 22. The molecule has 728 valence electrons. The minimum Gasteiger partial charge on any atom is -0.458 e. The molecule has 23 nitrogen and oxygen atoms in total. The highest BCUT2D eigenvalue weighted by Gasteiger charge is 2.50. The standard InChI is InChI=1S/C105H149Br3O23/c1-61-27-45-85(123-101(112)73-33-39-76(106)40-34-73)53-79-24-22-26-82(122-79)58-90(118-20)68(8)92-60-94(131-105(15,16)129-92)70(10)100(72(12)98(127-103(114)75-37-43-78(108)44-38-75)64(4)32-48-84-56-88(116-18)52-66(6)120-84)126-96(110)50-30-62(2)28-46-86(124-102(113)74-35-41-77(107)42-36-74)54-80-23-21-25-81(121-80)57-89(117-19)67(7)91-59-93(130-104(13,14)128-91)69(9)99(125-95(109)49-29-61)71(11)97(111)63(3)31-47-83-55-87(115-17)51-65(5)119-83/h21-24,27-30,33-44,49-50,63-72,79-94,97-100,111H,25-26,31-32,45-48,51-60H2,1-20H3/b49-29+,50-30+,61-27+,62-28+/t63-,64-,65-,66-,67+,68+,69-,70-,71-,72-,79+,80-,81-,82-,83-,84-,85-,86-,87+,88+,89-,90-,91-,92-,93+,94+,97-,98-,99-,100-/m0/s1. The summed E-state index contributed by atoms with van der Waals surface area (Å²) in [4.78, 5) is 72.9. The van der Waals surface area contributed by atoms with E-state index in [9.17, 15) is 24.3 Å². The van der Waals surface area contributed by atoms with Gasteiger partial charge in [-0.25, -0.2) is 24.0 Å². The third-order valence-electron chi connectivity index (χ3n) is 27.8. The highest BCUT2D eigenvalue weighted by molar-refractivity contribution is 9.11. The van der Waals surface area contributed by atoms with E-state index in [2.05, 4.69) is 94.6 Å². The van der Waals surface area contributed by atoms with Crippen LogP contribution in [0.4, 0.5) is 0 Å². The van der Waals surface area contributed by atoms with Crippen molar-refractivity contribution in [1.82, 2.24) is 0 Å². The van der Waals surface area contributed by atoms with Crippen LogP contribution in [0.5, 0.6) is 0 Å². The first-order valence-corrected chi connectivity index (χ1v) is 50.1. The molecule has 1 N–H and O–H groups in total. The molecule has 0 amide bonds. The minimum absolute atomic E-state index is 0.00464. The summed E-state index contributed by atoms with van der Waals surface area (Å²) < 4.78 is 115. The Labute approximate surface area is 804 Å². The maximum absolute atomic E-state index is 15.1. The van der Waals surface area contributed by atoms with Crippen molar-refractivity contribution in [2.75, 3.05) is 28.4 Å². The third kappa shape index (κ3) is 32.8. The van der Waals surface area contributed by atoms with Crippen molar-refractivity contribution in [2.45, 2.75) is 372 Å². The predicted octanol–water partition coefficient (Wildman–Crippen LogP) is 21.6. The first kappa shape index (κ1) is 107. The van der Waals surface area contributed by atoms with Gasteiger partial charge in [-0.1, -0.05) is 163 Å². The molecule has 7 heterocycles. The molecule has 7 aliphatic rings. The van der Waals surface area contributed by atoms with Gasteiger partial charge in [0, 0.05) is 141 Å². The molecule has 0 radical (unpaired) electrons. The summed E-state index contributed by atoms with van der Waals surface area (Å²) in [5.41, 5.74) is 2.53. The zero-order valence-electron chi connectivity index (χ0n) is 80.8. The van der Waals surface area contributed by atoms with Crippen molar-refractivity contribution >= 4 is 77.6 Å². The molecule has 0 aliphatic carbocycles. The number of ether oxygens (including phenoxy) is 17. The Balaban J connectivity index is 0.984. The van der Waals surface area contributed by atoms with E-state index < -0.39 is 144 Å². The van der Waals surface area contributed by atoms with E-state index in [4.69, 9.17) is 80.5 Å². The number of esters is 5. The number of aliphatic hydroxyl groups is 1. The Morgan fingerprint density at radius 3 is 1.18 bits per heavy atom. The molecule has 0 saturated carbocycles. The van der Waals surface area contributed by atoms with Gasteiger partial charge in [-0.3, -0.25) is 0 Å². The van der Waals surface area contributed by atoms with Crippen LogP contribution in [0.15, 0.2) is 158 Å². The Morgan fingerprint density at radius 2 is 0.802 bits per heavy atom. The quantitative estimate of drug-likeness (QED) is 0.0556. The molecule has 3 aromatic rings. The molecule has 4 saturated heterocycles. The largest absolute Gasteiger partial charge is 0.458 e. The molecule has 26 heteroatoms. The molecular weight excluding hydrogens is 1870 g/mol. The number of hydrogen-bond donors (Lipinski definition) is 1. The van der Waals surface area contributed by atoms with Crippen LogP contribution in [-0.2, 0) is 90.1 Å². The number of cyclic esters (lactones) is 2. The number of carbonyl (C=O) groups is 5. The monoisotopic (exact) mass is 2010 g/mol. The van der Waals surface area contributed by atoms with E-state index in [0.717, 1.165) is 45.5 Å². The van der Waals surface area contributed by atoms with E-state index in [1.54, 1.807) is 113 Å². The second kappa shape index (κ2) is 51.2. The molecule has 0 spiro atoms. The van der Waals surface area contributed by atoms with E-state index in [1.165, 1.54) is 12.2 Å². The van der Waals surface area contributed by atoms with Gasteiger partial charge in [0.25, 0.3) is 0 Å². The van der Waals surface area contributed by atoms with Crippen molar-refractivity contribution in [3.05, 3.63) is 175 Å². The minimum atomic E-state index is -1.15. The fourth-order valence-corrected chi connectivity index (χ4v) is 21.0. The van der Waals surface area contributed by atoms with Gasteiger partial charge in [-0.15, -0.1) is 0 Å². The molecule has 30 atom stereocenters. The van der Waals surface area contributed by atoms with E-state index in [0.29, 0.717) is 98.5 Å². The van der Waals surface area contributed by atoms with Gasteiger partial charge in [0.15, 0.2) is 11.6 Å². The Hall–Kier alpha value is -5.63. The maximum atomic E-state index is 15.1. The van der Waals surface area contributed by atoms with Gasteiger partial charge in [0.1, 0.15) is 30.5 Å². The first-order valence-electron chi connectivity index (χ1n) is 47.7. The maximum Gasteiger partial charge on any atom is 0.338 e. The zero-order valence-corrected chi connectivity index (χ0v) is 85.6. The molecule has 8 bridgehead atoms. The average Bonchev–Trinajstić information content (AvgIpc) is 0.788. The van der Waals surface area contributed by atoms with Crippen molar-refractivity contribution in [1.29, 1.82) is 0 Å². The summed E-state index contributed by atoms with van der Waals surface area (Å²) in [6.07, 6.45) is 19.0. The fourth-order valence-electron chi connectivity index (χ4n) is 20.2. The topological polar surface area (TPSA) is 262 Å². The predicted molar refractivity (Wildman–Crippen MR) is 513 cm³/mol. The lowest BCUT2D eigenvalue weighted by Crippen LogP contribution is -2.54. The number of fused-ring (bicyclic) bond motifs is 8. The highest BCUT2D eigenvalue weighted by atomic mass is 79.9. The van der Waals surface area contributed by atoms with Gasteiger partial charge < -0.3 is 85.6 Å². The van der Waals surface area contributed by atoms with Crippen LogP contribution in [0.2, 0.25) is 0 Å². The summed E-state index contributed by atoms with van der Waals surface area (Å²) >= 11 is 10.6. The van der Waals surface area contributed by atoms with E-state index in [-0.39, 0.29) is 91.4 Å². The Bertz CT molecular complexity index is 4280. The van der Waals surface area contributed by atoms with Crippen LogP contribution in [0.1, 0.15) is 257 Å². The summed E-state index contributed by atoms with van der Waals surface area (Å²) in [6.45, 7) is 31.8. The average molecular weight is 2020 g/mol. The van der Waals surface area contributed by atoms with Gasteiger partial charge >= 0.3 is 29.8 Å². The first-order chi connectivity index (χ1) is 62.2. The number of allylic oxidation sites excluding steroid dienone is 4. The molecule has 3 aromatic carbocycles. The highest BCUT2D eigenvalue weighted by Crippen LogP contribution is 2.44. The lowest BCUT2D eigenvalue weighted by atomic mass is 9.78. The summed E-state index contributed by atoms with van der Waals surface area (Å²) in [5, 5.41) is 12.6. The van der Waals surface area contributed by atoms with Crippen LogP contribution >= 0.6 is 47.8 Å². The summed E-state index contributed by atoms with van der Waals surface area (Å²) in [6, 6.07) is 21.1. The second-order valence-corrected chi connectivity index (χ2v) is 41.9. The molecule has 0 aromatic heterocycles. The second-order valence-electron chi connectivity index (χ2n) is 39.1. The van der Waals surface area contributed by atoms with Gasteiger partial charge in [-0.05, 0) is 204 Å². The molecular formula is C105H149Br3O23. The van der Waals surface area contributed by atoms with Crippen LogP contribution in [0.25, 0.3) is 0 Å². The van der Waals surface area contributed by atoms with Crippen molar-refractivity contribution in [2.24, 2.45) is 47.3 Å². The van der Waals surface area contributed by atoms with Crippen molar-refractivity contribution < 1.29 is 110 Å². The number of methoxy groups -OCH3 is 4. The van der Waals surface area contributed by atoms with Crippen molar-refractivity contribution in [3.8, 4) is 0 Å². The molecule has 4 fully saturated rings. The Kier molecular flexibility index (Phi) is 41.9. The van der Waals surface area contributed by atoms with E-state index >= 15 is 4.79 Å². The van der Waals surface area contributed by atoms with Crippen molar-refractivity contribution in [3.63, 3.8) is 0 Å². The SMILES string of the molecule is CO[C@H]1C[C@H](CC[C@H](C)[C@H](O)[C@H](C)[C@H]2OC(=O)/C=C/C(C)=C/C[C@H](OC(=O)c3ccc(Br)cc3)C[C@H]3C=CC[C@@H](C[C@H](OC)[C@@H](C)[C@@H]4C[C@@H](OC(C)(C)O4)[C@H](C)[C@@H]([C@@H](C)[C@@H](OC(=O)c4ccc(Br)cc4)[C@@H](C)CC[C@H]4C[C@H](OC)C[C@H](C)O4)OC(=O)/C=C/C(C)=C/C[C@H](OC(=O)c4ccc(Br)cc4)C[C@@H]4C=CC[C@@H](C[C@H](OC)[C@@H](C)[C@@H]5C[C@@H](OC(C)(C)O5)[C@@H]2C)O4)O3)O[C@@H](C)C1. The number of hydrogen-bond acceptors (Lipinski definition) is 23. The lowest BCUT2D eigenvalue weighted by molar-refractivity contribution is -0.324. The van der Waals surface area contributed by atoms with Gasteiger partial charge in [-0.2, -0.15) is 0 Å². The van der Waals surface area contributed by atoms with Crippen LogP contribution in [0, 0.1) is 47.3 Å². The molecule has 10 rings (SSSR count). The summed E-state index contributed by atoms with van der Waals surface area (Å²) in [7, 11) is 6.88. The normalized spacial score (nSPS) is 35.1. The number of aliphatic hydroxyl groups excluding tert-OH is 1.